The molecule has 1 fully saturated rings. The molecule has 1 aliphatic rings. The molecule has 0 aromatic heterocycles. The van der Waals surface area contributed by atoms with Gasteiger partial charge in [0.25, 0.3) is 0 Å². The van der Waals surface area contributed by atoms with Crippen molar-refractivity contribution in [1.29, 1.82) is 0 Å². The molecule has 0 spiro atoms. The lowest BCUT2D eigenvalue weighted by Gasteiger charge is -2.42. The van der Waals surface area contributed by atoms with E-state index in [4.69, 9.17) is 0 Å². The molecule has 8 heteroatoms. The summed E-state index contributed by atoms with van der Waals surface area (Å²) in [7, 11) is -2.69. The highest BCUT2D eigenvalue weighted by molar-refractivity contribution is 6.79. The Morgan fingerprint density at radius 2 is 1.59 bits per heavy atom. The van der Waals surface area contributed by atoms with Crippen LogP contribution in [0, 0.1) is 0 Å². The van der Waals surface area contributed by atoms with Gasteiger partial charge in [-0.1, -0.05) is 26.6 Å². The minimum Gasteiger partial charge on any atom is -0.354 e. The van der Waals surface area contributed by atoms with Gasteiger partial charge in [-0.25, -0.2) is 0 Å². The molecule has 0 amide bonds. The first-order valence-corrected chi connectivity index (χ1v) is 8.51. The second-order valence-corrected chi connectivity index (χ2v) is 11.2. The number of aliphatic hydroxyl groups is 1. The van der Waals surface area contributed by atoms with Gasteiger partial charge in [0.15, 0.2) is 0 Å². The van der Waals surface area contributed by atoms with Crippen LogP contribution in [-0.2, 0) is 4.74 Å². The number of rotatable bonds is 1. The Kier molecular flexibility index (Phi) is 2.98. The van der Waals surface area contributed by atoms with Crippen molar-refractivity contribution in [2.45, 2.75) is 49.5 Å². The van der Waals surface area contributed by atoms with Crippen LogP contribution in [0.5, 0.6) is 0 Å². The fraction of sp³-hybridized carbons (Fsp3) is 1.00. The Labute approximate surface area is 96.8 Å². The molecular weight excluding hydrogens is 263 g/mol. The lowest BCUT2D eigenvalue weighted by Crippen LogP contribution is -2.62. The van der Waals surface area contributed by atoms with Gasteiger partial charge in [-0.05, 0) is 0 Å². The van der Waals surface area contributed by atoms with E-state index in [1.807, 2.05) is 0 Å². The predicted octanol–water partition coefficient (Wildman–Crippen LogP) is 3.00. The van der Waals surface area contributed by atoms with Crippen molar-refractivity contribution in [2.75, 3.05) is 6.61 Å². The third-order valence-electron chi connectivity index (χ3n) is 3.73. The van der Waals surface area contributed by atoms with E-state index in [1.165, 1.54) is 19.6 Å². The monoisotopic (exact) mass is 278 g/mol. The summed E-state index contributed by atoms with van der Waals surface area (Å²) in [5, 5.41) is 7.21. The molecule has 102 valence electrons. The zero-order chi connectivity index (χ0) is 13.9. The number of alkyl halides is 5. The summed E-state index contributed by atoms with van der Waals surface area (Å²) < 4.78 is 69.6. The quantitative estimate of drug-likeness (QED) is 0.590. The van der Waals surface area contributed by atoms with Crippen LogP contribution in [0.4, 0.5) is 22.0 Å². The van der Waals surface area contributed by atoms with E-state index in [2.05, 4.69) is 4.74 Å². The molecule has 0 aliphatic carbocycles. The van der Waals surface area contributed by atoms with Gasteiger partial charge >= 0.3 is 17.9 Å². The molecule has 1 rings (SSSR count). The summed E-state index contributed by atoms with van der Waals surface area (Å²) in [6, 6.07) is 0. The Hall–Kier alpha value is -0.213. The molecule has 1 heterocycles. The first-order valence-electron chi connectivity index (χ1n) is 5.01. The first-order chi connectivity index (χ1) is 7.21. The second-order valence-electron chi connectivity index (χ2n) is 5.59. The van der Waals surface area contributed by atoms with Gasteiger partial charge in [0, 0.05) is 0 Å². The van der Waals surface area contributed by atoms with E-state index >= 15 is 0 Å². The van der Waals surface area contributed by atoms with Gasteiger partial charge in [0.2, 0.25) is 0 Å². The zero-order valence-electron chi connectivity index (χ0n) is 9.95. The highest BCUT2D eigenvalue weighted by Gasteiger charge is 2.82. The van der Waals surface area contributed by atoms with Gasteiger partial charge < -0.3 is 9.84 Å². The zero-order valence-corrected chi connectivity index (χ0v) is 11.0. The molecule has 1 aliphatic heterocycles. The van der Waals surface area contributed by atoms with Crippen LogP contribution < -0.4 is 0 Å². The maximum atomic E-state index is 14.0. The minimum atomic E-state index is -5.52. The van der Waals surface area contributed by atoms with Gasteiger partial charge in [0.1, 0.15) is 0 Å². The average molecular weight is 278 g/mol. The molecular formula is C9H15F5O2Si. The predicted molar refractivity (Wildman–Crippen MR) is 53.6 cm³/mol. The number of hydrogen-bond donors (Lipinski definition) is 1. The van der Waals surface area contributed by atoms with Gasteiger partial charge in [0.05, 0.1) is 19.7 Å². The average Bonchev–Trinajstić information content (AvgIpc) is 2.25. The SMILES string of the molecule is CC1([Si](C)(C)C)COC(O)(C(F)(F)F)C1(F)F. The van der Waals surface area contributed by atoms with Crippen LogP contribution in [0.25, 0.3) is 0 Å². The van der Waals surface area contributed by atoms with Crippen molar-refractivity contribution in [3.05, 3.63) is 0 Å². The van der Waals surface area contributed by atoms with E-state index in [0.717, 1.165) is 6.92 Å². The maximum absolute atomic E-state index is 14.0. The Morgan fingerprint density at radius 3 is 1.76 bits per heavy atom. The minimum absolute atomic E-state index is 0.800. The molecule has 17 heavy (non-hydrogen) atoms. The largest absolute Gasteiger partial charge is 0.449 e. The third kappa shape index (κ3) is 1.64. The first kappa shape index (κ1) is 14.8. The van der Waals surface area contributed by atoms with E-state index in [0.29, 0.717) is 0 Å². The van der Waals surface area contributed by atoms with Crippen molar-refractivity contribution < 1.29 is 31.8 Å². The van der Waals surface area contributed by atoms with Crippen LogP contribution in [-0.4, -0.2) is 37.7 Å². The van der Waals surface area contributed by atoms with Gasteiger partial charge in [-0.2, -0.15) is 22.0 Å². The standard InChI is InChI=1S/C9H15F5O2Si/c1-6(17(2,3)4)5-16-8(15,7(6,10)11)9(12,13)14/h15H,5H2,1-4H3. The summed E-state index contributed by atoms with van der Waals surface area (Å²) in [6.45, 7) is 4.81. The molecule has 0 saturated carbocycles. The van der Waals surface area contributed by atoms with Crippen LogP contribution in [0.2, 0.25) is 24.7 Å². The van der Waals surface area contributed by atoms with Crippen molar-refractivity contribution in [3.8, 4) is 0 Å². The van der Waals surface area contributed by atoms with E-state index in [-0.39, 0.29) is 0 Å². The summed E-state index contributed by atoms with van der Waals surface area (Å²) in [6.07, 6.45) is -5.52. The molecule has 2 unspecified atom stereocenters. The van der Waals surface area contributed by atoms with E-state index < -0.39 is 37.6 Å². The molecule has 2 nitrogen and oxygen atoms in total. The second kappa shape index (κ2) is 3.42. The molecule has 0 aromatic rings. The molecule has 1 N–H and O–H groups in total. The van der Waals surface area contributed by atoms with Crippen molar-refractivity contribution >= 4 is 8.07 Å². The summed E-state index contributed by atoms with van der Waals surface area (Å²) in [5.74, 6) is -8.74. The molecule has 0 aromatic carbocycles. The van der Waals surface area contributed by atoms with Crippen LogP contribution in [0.15, 0.2) is 0 Å². The Bertz CT molecular complexity index is 294. The maximum Gasteiger partial charge on any atom is 0.449 e. The highest BCUT2D eigenvalue weighted by Crippen LogP contribution is 2.64. The highest BCUT2D eigenvalue weighted by atomic mass is 28.3. The van der Waals surface area contributed by atoms with E-state index in [9.17, 15) is 27.1 Å². The fourth-order valence-electron chi connectivity index (χ4n) is 1.75. The van der Waals surface area contributed by atoms with Crippen molar-refractivity contribution in [3.63, 3.8) is 0 Å². The summed E-state index contributed by atoms with van der Waals surface area (Å²) >= 11 is 0. The summed E-state index contributed by atoms with van der Waals surface area (Å²) in [4.78, 5) is 0. The molecule has 1 saturated heterocycles. The molecule has 2 atom stereocenters. The Morgan fingerprint density at radius 1 is 1.18 bits per heavy atom. The number of halogens is 5. The Balaban J connectivity index is 3.33. The fourth-order valence-corrected chi connectivity index (χ4v) is 3.37. The normalized spacial score (nSPS) is 38.5. The number of ether oxygens (including phenoxy) is 1. The molecule has 0 bridgehead atoms. The van der Waals surface area contributed by atoms with Crippen molar-refractivity contribution in [2.24, 2.45) is 0 Å². The van der Waals surface area contributed by atoms with E-state index in [1.54, 1.807) is 0 Å². The lowest BCUT2D eigenvalue weighted by atomic mass is 9.98. The van der Waals surface area contributed by atoms with Crippen LogP contribution in [0.3, 0.4) is 0 Å². The third-order valence-corrected chi connectivity index (χ3v) is 7.50. The molecule has 0 radical (unpaired) electrons. The van der Waals surface area contributed by atoms with Gasteiger partial charge in [-0.15, -0.1) is 0 Å². The smallest absolute Gasteiger partial charge is 0.354 e. The van der Waals surface area contributed by atoms with Crippen LogP contribution in [0.1, 0.15) is 6.92 Å². The van der Waals surface area contributed by atoms with Gasteiger partial charge in [-0.3, -0.25) is 0 Å². The van der Waals surface area contributed by atoms with Crippen LogP contribution >= 0.6 is 0 Å². The van der Waals surface area contributed by atoms with Crippen molar-refractivity contribution in [1.82, 2.24) is 0 Å². The lowest BCUT2D eigenvalue weighted by molar-refractivity contribution is -0.403. The topological polar surface area (TPSA) is 29.5 Å². The number of hydrogen-bond acceptors (Lipinski definition) is 2. The summed E-state index contributed by atoms with van der Waals surface area (Å²) in [5.41, 5.74) is 0.